The molecule has 0 aromatic rings. The van der Waals surface area contributed by atoms with Crippen LogP contribution in [0.4, 0.5) is 0 Å². The van der Waals surface area contributed by atoms with E-state index in [9.17, 15) is 0 Å². The van der Waals surface area contributed by atoms with Crippen LogP contribution in [-0.2, 0) is 9.47 Å². The largest absolute Gasteiger partial charge is 0.379 e. The fourth-order valence-electron chi connectivity index (χ4n) is 4.64. The number of hydrogen-bond acceptors (Lipinski definition) is 3. The molecule has 0 aliphatic carbocycles. The van der Waals surface area contributed by atoms with Crippen LogP contribution in [-0.4, -0.2) is 32.5 Å². The first-order valence-corrected chi connectivity index (χ1v) is 15.7. The highest BCUT2D eigenvalue weighted by atomic mass is 16.5. The van der Waals surface area contributed by atoms with Crippen molar-refractivity contribution in [1.29, 1.82) is 0 Å². The normalized spacial score (nSPS) is 12.4. The average molecular weight is 484 g/mol. The molecule has 0 saturated carbocycles. The van der Waals surface area contributed by atoms with Gasteiger partial charge in [0.25, 0.3) is 0 Å². The number of nitrogens with two attached hydrogens (primary N) is 1. The van der Waals surface area contributed by atoms with Gasteiger partial charge < -0.3 is 15.2 Å². The van der Waals surface area contributed by atoms with Crippen LogP contribution in [0.2, 0.25) is 0 Å². The smallest absolute Gasteiger partial charge is 0.0930 e. The van der Waals surface area contributed by atoms with Gasteiger partial charge in [-0.3, -0.25) is 0 Å². The van der Waals surface area contributed by atoms with E-state index in [1.54, 1.807) is 0 Å². The quantitative estimate of drug-likeness (QED) is 0.103. The lowest BCUT2D eigenvalue weighted by Gasteiger charge is -2.16. The van der Waals surface area contributed by atoms with Gasteiger partial charge in [-0.05, 0) is 12.8 Å². The third-order valence-corrected chi connectivity index (χ3v) is 7.06. The zero-order valence-electron chi connectivity index (χ0n) is 23.8. The van der Waals surface area contributed by atoms with Gasteiger partial charge in [0.1, 0.15) is 0 Å². The lowest BCUT2D eigenvalue weighted by Crippen LogP contribution is -2.29. The predicted octanol–water partition coefficient (Wildman–Crippen LogP) is 9.75. The van der Waals surface area contributed by atoms with Crippen LogP contribution in [0.3, 0.4) is 0 Å². The fraction of sp³-hybridized carbons (Fsp3) is 1.00. The molecule has 0 aliphatic heterocycles. The van der Waals surface area contributed by atoms with E-state index in [1.807, 2.05) is 0 Å². The van der Waals surface area contributed by atoms with Crippen LogP contribution in [0.1, 0.15) is 168 Å². The molecule has 0 heterocycles. The van der Waals surface area contributed by atoms with Crippen molar-refractivity contribution in [2.45, 2.75) is 174 Å². The minimum atomic E-state index is 0.0742. The number of rotatable bonds is 30. The fourth-order valence-corrected chi connectivity index (χ4v) is 4.64. The topological polar surface area (TPSA) is 44.5 Å². The maximum atomic E-state index is 5.95. The third-order valence-electron chi connectivity index (χ3n) is 7.06. The summed E-state index contributed by atoms with van der Waals surface area (Å²) in [6.45, 7) is 7.49. The van der Waals surface area contributed by atoms with Gasteiger partial charge in [0.05, 0.1) is 12.7 Å². The zero-order chi connectivity index (χ0) is 24.8. The van der Waals surface area contributed by atoms with Crippen molar-refractivity contribution in [2.24, 2.45) is 5.73 Å². The second-order valence-electron chi connectivity index (χ2n) is 10.6. The van der Waals surface area contributed by atoms with Crippen LogP contribution in [0, 0.1) is 0 Å². The molecule has 0 amide bonds. The Labute approximate surface area is 215 Å². The monoisotopic (exact) mass is 484 g/mol. The molecule has 0 aromatic carbocycles. The third kappa shape index (κ3) is 28.1. The summed E-state index contributed by atoms with van der Waals surface area (Å²) in [7, 11) is 0. The minimum absolute atomic E-state index is 0.0742. The highest BCUT2D eigenvalue weighted by Crippen LogP contribution is 2.13. The summed E-state index contributed by atoms with van der Waals surface area (Å²) < 4.78 is 11.8. The van der Waals surface area contributed by atoms with E-state index in [0.29, 0.717) is 13.2 Å². The molecule has 0 radical (unpaired) electrons. The molecule has 0 aliphatic rings. The van der Waals surface area contributed by atoms with E-state index in [-0.39, 0.29) is 6.10 Å². The maximum absolute atomic E-state index is 5.95. The molecule has 34 heavy (non-hydrogen) atoms. The van der Waals surface area contributed by atoms with E-state index < -0.39 is 0 Å². The zero-order valence-corrected chi connectivity index (χ0v) is 23.8. The Hall–Kier alpha value is -0.120. The Balaban J connectivity index is 3.25. The van der Waals surface area contributed by atoms with E-state index in [2.05, 4.69) is 13.8 Å². The highest BCUT2D eigenvalue weighted by Gasteiger charge is 2.06. The van der Waals surface area contributed by atoms with Crippen LogP contribution >= 0.6 is 0 Å². The maximum Gasteiger partial charge on any atom is 0.0930 e. The van der Waals surface area contributed by atoms with Crippen molar-refractivity contribution < 1.29 is 9.47 Å². The van der Waals surface area contributed by atoms with Crippen LogP contribution in [0.5, 0.6) is 0 Å². The van der Waals surface area contributed by atoms with Crippen LogP contribution in [0.25, 0.3) is 0 Å². The van der Waals surface area contributed by atoms with E-state index in [4.69, 9.17) is 15.2 Å². The SMILES string of the molecule is CCCCCCCCCCCCCCCCOC(CN)COCCCCCCCCCCCC. The van der Waals surface area contributed by atoms with Crippen molar-refractivity contribution in [3.63, 3.8) is 0 Å². The summed E-state index contributed by atoms with van der Waals surface area (Å²) in [4.78, 5) is 0. The summed E-state index contributed by atoms with van der Waals surface area (Å²) in [5.74, 6) is 0. The molecule has 0 saturated heterocycles. The van der Waals surface area contributed by atoms with Crippen LogP contribution in [0.15, 0.2) is 0 Å². The van der Waals surface area contributed by atoms with Gasteiger partial charge in [0.2, 0.25) is 0 Å². The number of unbranched alkanes of at least 4 members (excludes halogenated alkanes) is 22. The molecule has 206 valence electrons. The molecule has 1 atom stereocenters. The highest BCUT2D eigenvalue weighted by molar-refractivity contribution is 4.58. The molecule has 0 rings (SSSR count). The van der Waals surface area contributed by atoms with Crippen molar-refractivity contribution >= 4 is 0 Å². The summed E-state index contributed by atoms with van der Waals surface area (Å²) in [6, 6.07) is 0. The Kier molecular flexibility index (Phi) is 30.8. The minimum Gasteiger partial charge on any atom is -0.379 e. The van der Waals surface area contributed by atoms with Crippen LogP contribution < -0.4 is 5.73 Å². The van der Waals surface area contributed by atoms with Gasteiger partial charge in [-0.1, -0.05) is 155 Å². The van der Waals surface area contributed by atoms with Gasteiger partial charge in [-0.25, -0.2) is 0 Å². The second kappa shape index (κ2) is 30.9. The Morgan fingerprint density at radius 2 is 0.765 bits per heavy atom. The second-order valence-corrected chi connectivity index (χ2v) is 10.6. The van der Waals surface area contributed by atoms with Crippen molar-refractivity contribution in [1.82, 2.24) is 0 Å². The molecule has 0 aromatic heterocycles. The van der Waals surface area contributed by atoms with Gasteiger partial charge in [-0.2, -0.15) is 0 Å². The van der Waals surface area contributed by atoms with Gasteiger partial charge in [0.15, 0.2) is 0 Å². The van der Waals surface area contributed by atoms with Gasteiger partial charge >= 0.3 is 0 Å². The van der Waals surface area contributed by atoms with E-state index >= 15 is 0 Å². The van der Waals surface area contributed by atoms with Gasteiger partial charge in [-0.15, -0.1) is 0 Å². The Bertz CT molecular complexity index is 350. The number of ether oxygens (including phenoxy) is 2. The lowest BCUT2D eigenvalue weighted by molar-refractivity contribution is -0.0136. The summed E-state index contributed by atoms with van der Waals surface area (Å²) in [6.07, 6.45) is 33.2. The first-order chi connectivity index (χ1) is 16.8. The van der Waals surface area contributed by atoms with Crippen molar-refractivity contribution in [3.8, 4) is 0 Å². The van der Waals surface area contributed by atoms with E-state index in [0.717, 1.165) is 19.6 Å². The molecule has 2 N–H and O–H groups in total. The molecular weight excluding hydrogens is 418 g/mol. The molecule has 0 spiro atoms. The predicted molar refractivity (Wildman–Crippen MR) is 152 cm³/mol. The first kappa shape index (κ1) is 33.9. The Morgan fingerprint density at radius 1 is 0.441 bits per heavy atom. The first-order valence-electron chi connectivity index (χ1n) is 15.7. The molecule has 0 bridgehead atoms. The van der Waals surface area contributed by atoms with Gasteiger partial charge in [0, 0.05) is 19.8 Å². The lowest BCUT2D eigenvalue weighted by atomic mass is 10.0. The summed E-state index contributed by atoms with van der Waals surface area (Å²) in [5.41, 5.74) is 5.87. The molecule has 3 nitrogen and oxygen atoms in total. The molecule has 1 unspecified atom stereocenters. The van der Waals surface area contributed by atoms with E-state index in [1.165, 1.54) is 148 Å². The standard InChI is InChI=1S/C31H65NO2/c1-3-5-7-9-11-13-15-16-17-18-20-22-24-26-28-34-31(29-32)30-33-27-25-23-21-19-14-12-10-8-6-4-2/h31H,3-30,32H2,1-2H3. The Morgan fingerprint density at radius 3 is 1.12 bits per heavy atom. The molecule has 3 heteroatoms. The average Bonchev–Trinajstić information content (AvgIpc) is 2.85. The molecular formula is C31H65NO2. The van der Waals surface area contributed by atoms with Crippen molar-refractivity contribution in [2.75, 3.05) is 26.4 Å². The van der Waals surface area contributed by atoms with Crippen molar-refractivity contribution in [3.05, 3.63) is 0 Å². The summed E-state index contributed by atoms with van der Waals surface area (Å²) in [5, 5.41) is 0. The summed E-state index contributed by atoms with van der Waals surface area (Å²) >= 11 is 0. The molecule has 0 fully saturated rings. The number of hydrogen-bond donors (Lipinski definition) is 1.